The number of anilines is 1. The molecular formula is C23H23ClN4OS. The molecule has 154 valence electrons. The van der Waals surface area contributed by atoms with Crippen LogP contribution in [0.3, 0.4) is 0 Å². The van der Waals surface area contributed by atoms with E-state index in [9.17, 15) is 4.21 Å². The molecule has 0 spiro atoms. The van der Waals surface area contributed by atoms with Crippen molar-refractivity contribution < 1.29 is 4.21 Å². The molecule has 0 bridgehead atoms. The van der Waals surface area contributed by atoms with E-state index in [0.29, 0.717) is 21.3 Å². The molecule has 2 aromatic heterocycles. The molecule has 0 radical (unpaired) electrons. The Labute approximate surface area is 183 Å². The van der Waals surface area contributed by atoms with Crippen LogP contribution in [0.25, 0.3) is 16.6 Å². The Morgan fingerprint density at radius 2 is 1.80 bits per heavy atom. The molecule has 0 fully saturated rings. The van der Waals surface area contributed by atoms with Gasteiger partial charge in [-0.1, -0.05) is 44.5 Å². The molecular weight excluding hydrogens is 416 g/mol. The fourth-order valence-electron chi connectivity index (χ4n) is 3.30. The maximum Gasteiger partial charge on any atom is 0.151 e. The van der Waals surface area contributed by atoms with Crippen molar-refractivity contribution in [3.63, 3.8) is 0 Å². The topological polar surface area (TPSA) is 59.8 Å². The van der Waals surface area contributed by atoms with Crippen molar-refractivity contribution in [2.24, 2.45) is 0 Å². The molecule has 4 aromatic rings. The van der Waals surface area contributed by atoms with Gasteiger partial charge < -0.3 is 0 Å². The molecule has 1 N–H and O–H groups in total. The maximum atomic E-state index is 13.0. The highest BCUT2D eigenvalue weighted by atomic mass is 35.5. The second-order valence-electron chi connectivity index (χ2n) is 8.19. The first-order chi connectivity index (χ1) is 14.2. The van der Waals surface area contributed by atoms with Gasteiger partial charge in [0.2, 0.25) is 0 Å². The molecule has 2 aromatic carbocycles. The van der Waals surface area contributed by atoms with Crippen molar-refractivity contribution in [3.8, 4) is 5.69 Å². The molecule has 0 saturated carbocycles. The fourth-order valence-corrected chi connectivity index (χ4v) is 4.35. The molecule has 5 nitrogen and oxygen atoms in total. The van der Waals surface area contributed by atoms with Crippen LogP contribution in [0.2, 0.25) is 5.02 Å². The third-order valence-electron chi connectivity index (χ3n) is 4.89. The second kappa shape index (κ2) is 7.85. The molecule has 0 aliphatic rings. The van der Waals surface area contributed by atoms with Crippen LogP contribution in [0.1, 0.15) is 32.0 Å². The summed E-state index contributed by atoms with van der Waals surface area (Å²) in [6.07, 6.45) is 1.71. The average molecular weight is 439 g/mol. The summed E-state index contributed by atoms with van der Waals surface area (Å²) in [5.41, 5.74) is 3.58. The Kier molecular flexibility index (Phi) is 5.38. The largest absolute Gasteiger partial charge is 0.285 e. The fraction of sp³-hybridized carbons (Fsp3) is 0.217. The molecule has 7 heteroatoms. The standard InChI is InChI=1S/C23H23ClN4OS/c1-15-14-21(27-30(29)17-9-7-16(8-10-17)23(2,3)4)28(26-15)20-12-11-19(24)22-18(20)6-5-13-25-22/h5-14,27H,1-4H3. The van der Waals surface area contributed by atoms with Crippen LogP contribution in [0.15, 0.2) is 65.7 Å². The molecule has 0 aliphatic carbocycles. The number of halogens is 1. The van der Waals surface area contributed by atoms with E-state index in [1.165, 1.54) is 5.56 Å². The zero-order valence-corrected chi connectivity index (χ0v) is 18.9. The van der Waals surface area contributed by atoms with Gasteiger partial charge in [0.25, 0.3) is 0 Å². The highest BCUT2D eigenvalue weighted by Gasteiger charge is 2.17. The van der Waals surface area contributed by atoms with Gasteiger partial charge in [-0.05, 0) is 54.3 Å². The van der Waals surface area contributed by atoms with Crippen LogP contribution in [0.4, 0.5) is 5.82 Å². The lowest BCUT2D eigenvalue weighted by Crippen LogP contribution is -2.12. The van der Waals surface area contributed by atoms with E-state index in [0.717, 1.165) is 16.8 Å². The number of nitrogens with one attached hydrogen (secondary N) is 1. The van der Waals surface area contributed by atoms with Gasteiger partial charge in [-0.25, -0.2) is 8.89 Å². The Bertz CT molecular complexity index is 1240. The van der Waals surface area contributed by atoms with Crippen LogP contribution < -0.4 is 4.72 Å². The van der Waals surface area contributed by atoms with Gasteiger partial charge in [0.05, 0.1) is 26.8 Å². The summed E-state index contributed by atoms with van der Waals surface area (Å²) in [7, 11) is -1.43. The third kappa shape index (κ3) is 3.98. The summed E-state index contributed by atoms with van der Waals surface area (Å²) in [6.45, 7) is 8.37. The molecule has 0 aliphatic heterocycles. The van der Waals surface area contributed by atoms with E-state index in [-0.39, 0.29) is 5.41 Å². The highest BCUT2D eigenvalue weighted by Crippen LogP contribution is 2.30. The molecule has 1 atom stereocenters. The minimum atomic E-state index is -1.43. The molecule has 0 saturated heterocycles. The predicted octanol–water partition coefficient (Wildman–Crippen LogP) is 5.81. The first-order valence-corrected chi connectivity index (χ1v) is 11.2. The number of benzene rings is 2. The summed E-state index contributed by atoms with van der Waals surface area (Å²) in [6, 6.07) is 17.2. The third-order valence-corrected chi connectivity index (χ3v) is 6.29. The lowest BCUT2D eigenvalue weighted by molar-refractivity contribution is 0.589. The quantitative estimate of drug-likeness (QED) is 0.437. The van der Waals surface area contributed by atoms with Crippen LogP contribution in [0, 0.1) is 6.92 Å². The monoisotopic (exact) mass is 438 g/mol. The summed E-state index contributed by atoms with van der Waals surface area (Å²) in [4.78, 5) is 5.09. The summed E-state index contributed by atoms with van der Waals surface area (Å²) >= 11 is 6.31. The first kappa shape index (κ1) is 20.6. The van der Waals surface area contributed by atoms with E-state index in [4.69, 9.17) is 11.6 Å². The van der Waals surface area contributed by atoms with E-state index in [1.807, 2.05) is 55.5 Å². The second-order valence-corrected chi connectivity index (χ2v) is 9.81. The molecule has 0 amide bonds. The number of nitrogens with zero attached hydrogens (tertiary/aromatic N) is 3. The maximum absolute atomic E-state index is 13.0. The van der Waals surface area contributed by atoms with E-state index in [2.05, 4.69) is 35.6 Å². The average Bonchev–Trinajstić information content (AvgIpc) is 3.07. The van der Waals surface area contributed by atoms with Gasteiger partial charge in [-0.2, -0.15) is 5.10 Å². The van der Waals surface area contributed by atoms with Crippen molar-refractivity contribution in [1.29, 1.82) is 0 Å². The van der Waals surface area contributed by atoms with Gasteiger partial charge in [0, 0.05) is 17.6 Å². The van der Waals surface area contributed by atoms with E-state index in [1.54, 1.807) is 16.9 Å². The van der Waals surface area contributed by atoms with Crippen LogP contribution in [0.5, 0.6) is 0 Å². The van der Waals surface area contributed by atoms with Gasteiger partial charge in [0.15, 0.2) is 11.0 Å². The van der Waals surface area contributed by atoms with Gasteiger partial charge in [-0.15, -0.1) is 0 Å². The number of pyridine rings is 1. The van der Waals surface area contributed by atoms with Crippen LogP contribution in [-0.4, -0.2) is 19.0 Å². The van der Waals surface area contributed by atoms with Crippen LogP contribution >= 0.6 is 11.6 Å². The first-order valence-electron chi connectivity index (χ1n) is 9.63. The Balaban J connectivity index is 1.70. The summed E-state index contributed by atoms with van der Waals surface area (Å²) < 4.78 is 17.9. The number of hydrogen-bond acceptors (Lipinski definition) is 3. The van der Waals surface area contributed by atoms with Crippen molar-refractivity contribution in [3.05, 3.63) is 77.1 Å². The van der Waals surface area contributed by atoms with Crippen molar-refractivity contribution in [1.82, 2.24) is 14.8 Å². The predicted molar refractivity (Wildman–Crippen MR) is 124 cm³/mol. The van der Waals surface area contributed by atoms with E-state index < -0.39 is 11.0 Å². The number of aryl methyl sites for hydroxylation is 1. The van der Waals surface area contributed by atoms with Gasteiger partial charge >= 0.3 is 0 Å². The summed E-state index contributed by atoms with van der Waals surface area (Å²) in [5.74, 6) is 0.637. The van der Waals surface area contributed by atoms with E-state index >= 15 is 0 Å². The smallest absolute Gasteiger partial charge is 0.151 e. The molecule has 4 rings (SSSR count). The molecule has 1 unspecified atom stereocenters. The summed E-state index contributed by atoms with van der Waals surface area (Å²) in [5, 5.41) is 6.05. The lowest BCUT2D eigenvalue weighted by atomic mass is 9.87. The van der Waals surface area contributed by atoms with Crippen molar-refractivity contribution in [2.75, 3.05) is 4.72 Å². The normalized spacial score (nSPS) is 12.8. The Hall–Kier alpha value is -2.70. The zero-order valence-electron chi connectivity index (χ0n) is 17.3. The van der Waals surface area contributed by atoms with Gasteiger partial charge in [0.1, 0.15) is 5.82 Å². The number of hydrogen-bond donors (Lipinski definition) is 1. The zero-order chi connectivity index (χ0) is 21.5. The van der Waals surface area contributed by atoms with Crippen molar-refractivity contribution in [2.45, 2.75) is 38.0 Å². The minimum absolute atomic E-state index is 0.0485. The van der Waals surface area contributed by atoms with Gasteiger partial charge in [-0.3, -0.25) is 9.71 Å². The SMILES string of the molecule is Cc1cc(NS(=O)c2ccc(C(C)(C)C)cc2)n(-c2ccc(Cl)c3ncccc23)n1. The minimum Gasteiger partial charge on any atom is -0.285 e. The molecule has 30 heavy (non-hydrogen) atoms. The number of rotatable bonds is 4. The Morgan fingerprint density at radius 1 is 1.07 bits per heavy atom. The molecule has 2 heterocycles. The van der Waals surface area contributed by atoms with Crippen LogP contribution in [-0.2, 0) is 16.4 Å². The number of aromatic nitrogens is 3. The number of fused-ring (bicyclic) bond motifs is 1. The Morgan fingerprint density at radius 3 is 2.50 bits per heavy atom. The van der Waals surface area contributed by atoms with Crippen molar-refractivity contribution >= 4 is 39.3 Å². The lowest BCUT2D eigenvalue weighted by Gasteiger charge is -2.19. The highest BCUT2D eigenvalue weighted by molar-refractivity contribution is 7.86.